The molecule has 102 valence electrons. The number of nitrogens with one attached hydrogen (secondary N) is 1. The van der Waals surface area contributed by atoms with E-state index in [1.54, 1.807) is 0 Å². The fraction of sp³-hybridized carbons (Fsp3) is 0.273. The lowest BCUT2D eigenvalue weighted by molar-refractivity contribution is -0.136. The standard InChI is InChI=1S/C11H8F3NO3S/c1-4-7(10(17)18-2)8-9(19-4)5(11(12,13)14)3-6(16)15-8/h3H,1-2H3,(H,15,16). The highest BCUT2D eigenvalue weighted by Crippen LogP contribution is 2.39. The summed E-state index contributed by atoms with van der Waals surface area (Å²) < 4.78 is 42.9. The molecule has 0 saturated carbocycles. The minimum Gasteiger partial charge on any atom is -0.465 e. The Morgan fingerprint density at radius 2 is 2.05 bits per heavy atom. The zero-order valence-corrected chi connectivity index (χ0v) is 10.7. The Morgan fingerprint density at radius 1 is 1.42 bits per heavy atom. The molecule has 0 aliphatic carbocycles. The Balaban J connectivity index is 2.91. The molecule has 0 saturated heterocycles. The van der Waals surface area contributed by atoms with E-state index >= 15 is 0 Å². The van der Waals surface area contributed by atoms with Crippen LogP contribution in [0.3, 0.4) is 0 Å². The number of alkyl halides is 3. The first kappa shape index (κ1) is 13.6. The molecule has 0 radical (unpaired) electrons. The lowest BCUT2D eigenvalue weighted by Gasteiger charge is -2.07. The van der Waals surface area contributed by atoms with Gasteiger partial charge in [0.15, 0.2) is 0 Å². The van der Waals surface area contributed by atoms with Crippen molar-refractivity contribution in [2.24, 2.45) is 0 Å². The molecule has 0 aliphatic heterocycles. The van der Waals surface area contributed by atoms with Crippen LogP contribution in [0, 0.1) is 6.92 Å². The third kappa shape index (κ3) is 2.23. The van der Waals surface area contributed by atoms with E-state index < -0.39 is 23.3 Å². The molecular weight excluding hydrogens is 283 g/mol. The second kappa shape index (κ2) is 4.37. The summed E-state index contributed by atoms with van der Waals surface area (Å²) in [5.74, 6) is -0.779. The summed E-state index contributed by atoms with van der Waals surface area (Å²) in [5, 5.41) is 0. The molecule has 0 aromatic carbocycles. The summed E-state index contributed by atoms with van der Waals surface area (Å²) >= 11 is 0.794. The summed E-state index contributed by atoms with van der Waals surface area (Å²) in [5.41, 5.74) is -2.13. The number of aromatic amines is 1. The topological polar surface area (TPSA) is 59.2 Å². The maximum absolute atomic E-state index is 12.9. The third-order valence-corrected chi connectivity index (χ3v) is 3.69. The quantitative estimate of drug-likeness (QED) is 0.822. The Hall–Kier alpha value is -1.83. The van der Waals surface area contributed by atoms with Gasteiger partial charge in [-0.05, 0) is 6.92 Å². The minimum atomic E-state index is -4.66. The maximum Gasteiger partial charge on any atom is 0.418 e. The Morgan fingerprint density at radius 3 is 2.58 bits per heavy atom. The average molecular weight is 291 g/mol. The fourth-order valence-corrected chi connectivity index (χ4v) is 2.90. The van der Waals surface area contributed by atoms with Crippen LogP contribution in [0.5, 0.6) is 0 Å². The molecular formula is C11H8F3NO3S. The van der Waals surface area contributed by atoms with Gasteiger partial charge in [-0.2, -0.15) is 13.2 Å². The van der Waals surface area contributed by atoms with Gasteiger partial charge in [-0.25, -0.2) is 4.79 Å². The number of fused-ring (bicyclic) bond motifs is 1. The number of carbonyl (C=O) groups excluding carboxylic acids is 1. The molecule has 19 heavy (non-hydrogen) atoms. The van der Waals surface area contributed by atoms with Gasteiger partial charge in [0.2, 0.25) is 5.56 Å². The van der Waals surface area contributed by atoms with Gasteiger partial charge in [0.25, 0.3) is 0 Å². The molecule has 2 aromatic heterocycles. The lowest BCUT2D eigenvalue weighted by Crippen LogP contribution is -2.14. The summed E-state index contributed by atoms with van der Waals surface area (Å²) in [6.45, 7) is 1.50. The minimum absolute atomic E-state index is 0.0364. The van der Waals surface area contributed by atoms with Crippen LogP contribution in [0.4, 0.5) is 13.2 Å². The number of carbonyl (C=O) groups is 1. The van der Waals surface area contributed by atoms with Crippen molar-refractivity contribution in [3.8, 4) is 0 Å². The number of rotatable bonds is 1. The van der Waals surface area contributed by atoms with Crippen molar-refractivity contribution < 1.29 is 22.7 Å². The van der Waals surface area contributed by atoms with Gasteiger partial charge in [0.1, 0.15) is 0 Å². The smallest absolute Gasteiger partial charge is 0.418 e. The highest BCUT2D eigenvalue weighted by molar-refractivity contribution is 7.19. The number of aromatic nitrogens is 1. The zero-order chi connectivity index (χ0) is 14.4. The van der Waals surface area contributed by atoms with Gasteiger partial charge in [-0.15, -0.1) is 11.3 Å². The number of pyridine rings is 1. The van der Waals surface area contributed by atoms with Gasteiger partial charge in [-0.1, -0.05) is 0 Å². The molecule has 0 bridgehead atoms. The number of hydrogen-bond donors (Lipinski definition) is 1. The van der Waals surface area contributed by atoms with Crippen LogP contribution >= 0.6 is 11.3 Å². The highest BCUT2D eigenvalue weighted by atomic mass is 32.1. The molecule has 0 unspecified atom stereocenters. The molecule has 8 heteroatoms. The first-order valence-corrected chi connectivity index (χ1v) is 5.89. The zero-order valence-electron chi connectivity index (χ0n) is 9.84. The molecule has 2 heterocycles. The number of esters is 1. The summed E-state index contributed by atoms with van der Waals surface area (Å²) in [4.78, 5) is 25.5. The monoisotopic (exact) mass is 291 g/mol. The molecule has 0 aliphatic rings. The lowest BCUT2D eigenvalue weighted by atomic mass is 10.1. The molecule has 0 atom stereocenters. The molecule has 0 amide bonds. The van der Waals surface area contributed by atoms with Gasteiger partial charge in [0.05, 0.1) is 28.5 Å². The number of methoxy groups -OCH3 is 1. The molecule has 1 N–H and O–H groups in total. The van der Waals surface area contributed by atoms with Crippen LogP contribution in [0.1, 0.15) is 20.8 Å². The van der Waals surface area contributed by atoms with Crippen molar-refractivity contribution in [1.29, 1.82) is 0 Å². The second-order valence-electron chi connectivity index (χ2n) is 3.77. The Bertz CT molecular complexity index is 714. The van der Waals surface area contributed by atoms with E-state index in [0.717, 1.165) is 18.4 Å². The predicted molar refractivity (Wildman–Crippen MR) is 63.5 cm³/mol. The van der Waals surface area contributed by atoms with E-state index in [9.17, 15) is 22.8 Å². The maximum atomic E-state index is 12.9. The first-order chi connectivity index (χ1) is 8.75. The van der Waals surface area contributed by atoms with Crippen LogP contribution in [0.2, 0.25) is 0 Å². The largest absolute Gasteiger partial charge is 0.465 e. The van der Waals surface area contributed by atoms with Crippen molar-refractivity contribution in [3.63, 3.8) is 0 Å². The first-order valence-electron chi connectivity index (χ1n) is 5.07. The van der Waals surface area contributed by atoms with Crippen molar-refractivity contribution in [3.05, 3.63) is 32.4 Å². The van der Waals surface area contributed by atoms with E-state index in [2.05, 4.69) is 9.72 Å². The number of hydrogen-bond acceptors (Lipinski definition) is 4. The Kier molecular flexibility index (Phi) is 3.13. The third-order valence-electron chi connectivity index (χ3n) is 2.55. The SMILES string of the molecule is COC(=O)c1c(C)sc2c(C(F)(F)F)cc(=O)[nH]c12. The van der Waals surface area contributed by atoms with Crippen molar-refractivity contribution in [2.45, 2.75) is 13.1 Å². The normalized spacial score (nSPS) is 11.8. The van der Waals surface area contributed by atoms with Crippen LogP contribution in [0.15, 0.2) is 10.9 Å². The summed E-state index contributed by atoms with van der Waals surface area (Å²) in [6.07, 6.45) is -4.66. The van der Waals surface area contributed by atoms with Crippen molar-refractivity contribution in [1.82, 2.24) is 4.98 Å². The molecule has 0 spiro atoms. The van der Waals surface area contributed by atoms with Gasteiger partial charge in [-0.3, -0.25) is 4.79 Å². The summed E-state index contributed by atoms with van der Waals surface area (Å²) in [7, 11) is 1.12. The highest BCUT2D eigenvalue weighted by Gasteiger charge is 2.35. The van der Waals surface area contributed by atoms with E-state index in [4.69, 9.17) is 0 Å². The van der Waals surface area contributed by atoms with E-state index in [1.807, 2.05) is 0 Å². The molecule has 0 fully saturated rings. The van der Waals surface area contributed by atoms with Crippen molar-refractivity contribution in [2.75, 3.05) is 7.11 Å². The second-order valence-corrected chi connectivity index (χ2v) is 5.00. The number of ether oxygens (including phenoxy) is 1. The molecule has 2 aromatic rings. The van der Waals surface area contributed by atoms with Crippen molar-refractivity contribution >= 4 is 27.5 Å². The Labute approximate surface area is 108 Å². The summed E-state index contributed by atoms with van der Waals surface area (Å²) in [6, 6.07) is 0.485. The van der Waals surface area contributed by atoms with Gasteiger partial charge < -0.3 is 9.72 Å². The van der Waals surface area contributed by atoms with Crippen LogP contribution in [0.25, 0.3) is 10.2 Å². The predicted octanol–water partition coefficient (Wildman–Crippen LogP) is 2.70. The number of thiophene rings is 1. The van der Waals surface area contributed by atoms with E-state index in [1.165, 1.54) is 6.92 Å². The van der Waals surface area contributed by atoms with E-state index in [0.29, 0.717) is 10.9 Å². The van der Waals surface area contributed by atoms with Gasteiger partial charge in [0, 0.05) is 10.9 Å². The fourth-order valence-electron chi connectivity index (χ4n) is 1.77. The average Bonchev–Trinajstić information content (AvgIpc) is 2.62. The number of halogens is 3. The molecule has 4 nitrogen and oxygen atoms in total. The van der Waals surface area contributed by atoms with Crippen LogP contribution in [-0.4, -0.2) is 18.1 Å². The van der Waals surface area contributed by atoms with Gasteiger partial charge >= 0.3 is 12.1 Å². The van der Waals surface area contributed by atoms with Crippen LogP contribution < -0.4 is 5.56 Å². The number of H-pyrrole nitrogens is 1. The van der Waals surface area contributed by atoms with Crippen LogP contribution in [-0.2, 0) is 10.9 Å². The number of aryl methyl sites for hydroxylation is 1. The molecule has 2 rings (SSSR count). The van der Waals surface area contributed by atoms with E-state index in [-0.39, 0.29) is 15.8 Å².